The summed E-state index contributed by atoms with van der Waals surface area (Å²) in [4.78, 5) is 23.2. The van der Waals surface area contributed by atoms with Crippen molar-refractivity contribution in [1.82, 2.24) is 15.1 Å². The van der Waals surface area contributed by atoms with Crippen molar-refractivity contribution in [3.8, 4) is 0 Å². The number of piperidine rings is 3. The normalized spacial score (nSPS) is 29.7. The van der Waals surface area contributed by atoms with Gasteiger partial charge in [0.15, 0.2) is 0 Å². The van der Waals surface area contributed by atoms with E-state index < -0.39 is 0 Å². The number of alkyl halides is 1. The van der Waals surface area contributed by atoms with Crippen LogP contribution in [0.25, 0.3) is 0 Å². The van der Waals surface area contributed by atoms with Crippen molar-refractivity contribution < 1.29 is 4.79 Å². The average Bonchev–Trinajstić information content (AvgIpc) is 3.12. The molecule has 1 amide bonds. The molecule has 4 aliphatic heterocycles. The van der Waals surface area contributed by atoms with Crippen molar-refractivity contribution >= 4 is 39.7 Å². The third-order valence-electron chi connectivity index (χ3n) is 10.5. The number of halogens is 2. The van der Waals surface area contributed by atoms with Gasteiger partial charge < -0.3 is 10.2 Å². The molecule has 6 rings (SSSR count). The van der Waals surface area contributed by atoms with Crippen LogP contribution >= 0.6 is 27.5 Å². The Morgan fingerprint density at radius 2 is 1.72 bits per heavy atom. The van der Waals surface area contributed by atoms with Gasteiger partial charge in [-0.25, -0.2) is 0 Å². The summed E-state index contributed by atoms with van der Waals surface area (Å²) in [6, 6.07) is 6.75. The van der Waals surface area contributed by atoms with E-state index in [-0.39, 0.29) is 6.04 Å². The van der Waals surface area contributed by atoms with Crippen LogP contribution in [0.3, 0.4) is 0 Å². The topological polar surface area (TPSA) is 47.9 Å². The molecule has 212 valence electrons. The minimum absolute atomic E-state index is 0.226. The Bertz CT molecular complexity index is 1100. The maximum atomic E-state index is 12.9. The van der Waals surface area contributed by atoms with Gasteiger partial charge in [0.2, 0.25) is 5.91 Å². The highest BCUT2D eigenvalue weighted by Gasteiger charge is 2.38. The lowest BCUT2D eigenvalue weighted by Gasteiger charge is -2.43. The Morgan fingerprint density at radius 3 is 2.44 bits per heavy atom. The monoisotopic (exact) mass is 614 g/mol. The quantitative estimate of drug-likeness (QED) is 0.399. The fourth-order valence-electron chi connectivity index (χ4n) is 7.97. The SMILES string of the molecule is CC1C2=C(N=CC1Br)C(N1CCC(C3CCN(C(=O)CC4CCNCC4)CC3)CC1)c1ccc(Cl)cc1CC2. The number of allylic oxidation sites excluding steroid dienone is 1. The van der Waals surface area contributed by atoms with Gasteiger partial charge >= 0.3 is 0 Å². The van der Waals surface area contributed by atoms with E-state index in [1.54, 1.807) is 0 Å². The number of aliphatic imine (C=N–C) groups is 1. The summed E-state index contributed by atoms with van der Waals surface area (Å²) in [5.41, 5.74) is 5.60. The molecule has 7 heteroatoms. The Hall–Kier alpha value is -1.21. The van der Waals surface area contributed by atoms with E-state index in [1.807, 2.05) is 0 Å². The third-order valence-corrected chi connectivity index (χ3v) is 11.7. The Kier molecular flexibility index (Phi) is 8.84. The third kappa shape index (κ3) is 6.05. The van der Waals surface area contributed by atoms with Gasteiger partial charge in [-0.2, -0.15) is 0 Å². The summed E-state index contributed by atoms with van der Waals surface area (Å²) < 4.78 is 0. The summed E-state index contributed by atoms with van der Waals surface area (Å²) >= 11 is 10.3. The molecule has 3 atom stereocenters. The number of carbonyl (C=O) groups is 1. The van der Waals surface area contributed by atoms with E-state index in [0.717, 1.165) is 88.2 Å². The first-order valence-electron chi connectivity index (χ1n) is 15.4. The van der Waals surface area contributed by atoms with E-state index in [9.17, 15) is 4.79 Å². The van der Waals surface area contributed by atoms with Crippen LogP contribution in [0.4, 0.5) is 0 Å². The average molecular weight is 616 g/mol. The standard InChI is InChI=1S/C32H44BrClN4O/c1-21-27-4-2-25-19-26(34)3-5-28(25)32(31(27)36-20-29(21)33)38-16-10-24(11-17-38)23-8-14-37(15-9-23)30(39)18-22-6-12-35-13-7-22/h3,5,19-24,29,32,35H,2,4,6-18H2,1H3. The summed E-state index contributed by atoms with van der Waals surface area (Å²) in [5, 5.41) is 4.25. The lowest BCUT2D eigenvalue weighted by Crippen LogP contribution is -2.44. The summed E-state index contributed by atoms with van der Waals surface area (Å²) in [7, 11) is 0. The van der Waals surface area contributed by atoms with E-state index in [0.29, 0.717) is 22.6 Å². The van der Waals surface area contributed by atoms with Gasteiger partial charge in [0.1, 0.15) is 0 Å². The predicted octanol–water partition coefficient (Wildman–Crippen LogP) is 6.41. The second-order valence-corrected chi connectivity index (χ2v) is 14.2. The van der Waals surface area contributed by atoms with Gasteiger partial charge in [-0.05, 0) is 130 Å². The van der Waals surface area contributed by atoms with Crippen molar-refractivity contribution in [2.24, 2.45) is 28.7 Å². The second-order valence-electron chi connectivity index (χ2n) is 12.7. The molecular weight excluding hydrogens is 572 g/mol. The molecular formula is C32H44BrClN4O. The van der Waals surface area contributed by atoms with Crippen LogP contribution in [0.15, 0.2) is 34.5 Å². The number of benzene rings is 1. The number of aryl methyl sites for hydroxylation is 1. The summed E-state index contributed by atoms with van der Waals surface area (Å²) in [6.45, 7) is 8.63. The lowest BCUT2D eigenvalue weighted by atomic mass is 9.78. The molecule has 3 unspecified atom stereocenters. The molecule has 1 N–H and O–H groups in total. The first kappa shape index (κ1) is 27.9. The zero-order valence-electron chi connectivity index (χ0n) is 23.4. The first-order valence-corrected chi connectivity index (χ1v) is 16.7. The number of rotatable bonds is 4. The molecule has 39 heavy (non-hydrogen) atoms. The number of hydrogen-bond acceptors (Lipinski definition) is 4. The van der Waals surface area contributed by atoms with Gasteiger partial charge in [-0.3, -0.25) is 14.7 Å². The van der Waals surface area contributed by atoms with Gasteiger partial charge in [0, 0.05) is 30.7 Å². The van der Waals surface area contributed by atoms with Crippen LogP contribution in [0.1, 0.15) is 75.5 Å². The molecule has 3 saturated heterocycles. The molecule has 5 aliphatic rings. The molecule has 0 radical (unpaired) electrons. The number of nitrogens with one attached hydrogen (secondary N) is 1. The number of carbonyl (C=O) groups excluding carboxylic acids is 1. The second kappa shape index (κ2) is 12.3. The van der Waals surface area contributed by atoms with Gasteiger partial charge in [-0.1, -0.05) is 40.5 Å². The van der Waals surface area contributed by atoms with Crippen LogP contribution in [-0.4, -0.2) is 66.0 Å². The highest BCUT2D eigenvalue weighted by Crippen LogP contribution is 2.45. The molecule has 0 bridgehead atoms. The Morgan fingerprint density at radius 1 is 1.03 bits per heavy atom. The number of hydrogen-bond donors (Lipinski definition) is 1. The maximum absolute atomic E-state index is 12.9. The van der Waals surface area contributed by atoms with Crippen molar-refractivity contribution in [2.75, 3.05) is 39.3 Å². The molecule has 4 heterocycles. The van der Waals surface area contributed by atoms with Gasteiger partial charge in [-0.15, -0.1) is 0 Å². The minimum atomic E-state index is 0.226. The van der Waals surface area contributed by atoms with Crippen LogP contribution in [0.2, 0.25) is 5.02 Å². The van der Waals surface area contributed by atoms with Crippen molar-refractivity contribution in [1.29, 1.82) is 0 Å². The zero-order valence-corrected chi connectivity index (χ0v) is 25.7. The van der Waals surface area contributed by atoms with Crippen LogP contribution in [0, 0.1) is 23.7 Å². The van der Waals surface area contributed by atoms with Crippen LogP contribution in [0.5, 0.6) is 0 Å². The maximum Gasteiger partial charge on any atom is 0.222 e. The van der Waals surface area contributed by atoms with E-state index in [1.165, 1.54) is 48.1 Å². The van der Waals surface area contributed by atoms with E-state index >= 15 is 0 Å². The van der Waals surface area contributed by atoms with Gasteiger partial charge in [0.05, 0.1) is 16.6 Å². The highest BCUT2D eigenvalue weighted by molar-refractivity contribution is 9.10. The largest absolute Gasteiger partial charge is 0.343 e. The van der Waals surface area contributed by atoms with Crippen LogP contribution in [-0.2, 0) is 11.2 Å². The Labute approximate surface area is 247 Å². The number of fused-ring (bicyclic) bond motifs is 1. The minimum Gasteiger partial charge on any atom is -0.343 e. The predicted molar refractivity (Wildman–Crippen MR) is 164 cm³/mol. The number of likely N-dealkylation sites (tertiary alicyclic amines) is 2. The lowest BCUT2D eigenvalue weighted by molar-refractivity contribution is -0.134. The Balaban J connectivity index is 1.09. The molecule has 0 saturated carbocycles. The number of nitrogens with zero attached hydrogens (tertiary/aromatic N) is 3. The fraction of sp³-hybridized carbons (Fsp3) is 0.688. The smallest absolute Gasteiger partial charge is 0.222 e. The molecule has 0 aromatic heterocycles. The summed E-state index contributed by atoms with van der Waals surface area (Å²) in [6.07, 6.45) is 12.1. The van der Waals surface area contributed by atoms with Crippen molar-refractivity contribution in [3.63, 3.8) is 0 Å². The van der Waals surface area contributed by atoms with Crippen LogP contribution < -0.4 is 5.32 Å². The molecule has 1 aromatic carbocycles. The molecule has 5 nitrogen and oxygen atoms in total. The first-order chi connectivity index (χ1) is 19.0. The number of amides is 1. The molecule has 0 spiro atoms. The molecule has 1 aromatic rings. The van der Waals surface area contributed by atoms with Gasteiger partial charge in [0.25, 0.3) is 0 Å². The summed E-state index contributed by atoms with van der Waals surface area (Å²) in [5.74, 6) is 2.97. The zero-order chi connectivity index (χ0) is 26.9. The van der Waals surface area contributed by atoms with Crippen molar-refractivity contribution in [3.05, 3.63) is 45.6 Å². The highest BCUT2D eigenvalue weighted by atomic mass is 79.9. The molecule has 1 aliphatic carbocycles. The van der Waals surface area contributed by atoms with E-state index in [4.69, 9.17) is 16.6 Å². The molecule has 3 fully saturated rings. The fourth-order valence-corrected chi connectivity index (χ4v) is 8.60. The van der Waals surface area contributed by atoms with Crippen molar-refractivity contribution in [2.45, 2.75) is 75.6 Å². The van der Waals surface area contributed by atoms with E-state index in [2.05, 4.69) is 62.4 Å².